The lowest BCUT2D eigenvalue weighted by molar-refractivity contribution is 0.0993. The number of Topliss-reactive ketones (excluding diaryl/α,β-unsaturated/α-hetero) is 1. The van der Waals surface area contributed by atoms with Gasteiger partial charge in [0.1, 0.15) is 0 Å². The van der Waals surface area contributed by atoms with Crippen molar-refractivity contribution in [3.05, 3.63) is 21.4 Å². The van der Waals surface area contributed by atoms with E-state index in [1.165, 1.54) is 4.88 Å². The van der Waals surface area contributed by atoms with Crippen LogP contribution in [-0.2, 0) is 0 Å². The van der Waals surface area contributed by atoms with Crippen molar-refractivity contribution in [1.82, 2.24) is 5.32 Å². The maximum Gasteiger partial charge on any atom is 0.177 e. The fourth-order valence-electron chi connectivity index (χ4n) is 1.16. The minimum absolute atomic E-state index is 0.180. The third-order valence-corrected chi connectivity index (χ3v) is 2.64. The summed E-state index contributed by atoms with van der Waals surface area (Å²) < 4.78 is 0. The summed E-state index contributed by atoms with van der Waals surface area (Å²) in [6, 6.07) is 1.96. The van der Waals surface area contributed by atoms with Crippen molar-refractivity contribution < 1.29 is 4.79 Å². The Morgan fingerprint density at radius 1 is 1.58 bits per heavy atom. The number of thiophene rings is 1. The van der Waals surface area contributed by atoms with E-state index in [4.69, 9.17) is 0 Å². The Bertz CT molecular complexity index is 291. The number of aryl methyl sites for hydroxylation is 2. The Morgan fingerprint density at radius 2 is 2.25 bits per heavy atom. The number of nitrogens with one attached hydrogen (secondary N) is 1. The van der Waals surface area contributed by atoms with Gasteiger partial charge in [0, 0.05) is 15.3 Å². The first-order valence-corrected chi connectivity index (χ1v) is 4.71. The molecule has 0 saturated carbocycles. The van der Waals surface area contributed by atoms with Crippen LogP contribution in [0.2, 0.25) is 0 Å². The van der Waals surface area contributed by atoms with E-state index in [9.17, 15) is 4.79 Å². The van der Waals surface area contributed by atoms with Crippen LogP contribution in [-0.4, -0.2) is 19.4 Å². The number of carbonyl (C=O) groups excluding carboxylic acids is 1. The Kier molecular flexibility index (Phi) is 3.00. The number of hydrogen-bond donors (Lipinski definition) is 1. The molecule has 0 amide bonds. The first kappa shape index (κ1) is 9.42. The van der Waals surface area contributed by atoms with Crippen molar-refractivity contribution in [2.45, 2.75) is 13.8 Å². The summed E-state index contributed by atoms with van der Waals surface area (Å²) in [5, 5.41) is 2.86. The number of hydrogen-bond acceptors (Lipinski definition) is 3. The van der Waals surface area contributed by atoms with E-state index in [0.29, 0.717) is 6.54 Å². The molecule has 1 rings (SSSR count). The molecule has 66 valence electrons. The monoisotopic (exact) mass is 183 g/mol. The smallest absolute Gasteiger partial charge is 0.177 e. The number of ketones is 1. The Labute approximate surface area is 76.6 Å². The molecule has 1 aromatic heterocycles. The van der Waals surface area contributed by atoms with E-state index in [1.807, 2.05) is 19.9 Å². The van der Waals surface area contributed by atoms with E-state index >= 15 is 0 Å². The standard InChI is InChI=1S/C9H13NOS/c1-6-4-8(7(2)12-6)9(11)5-10-3/h4,10H,5H2,1-3H3. The highest BCUT2D eigenvalue weighted by molar-refractivity contribution is 7.12. The van der Waals surface area contributed by atoms with Gasteiger partial charge in [-0.05, 0) is 27.0 Å². The van der Waals surface area contributed by atoms with Gasteiger partial charge in [-0.3, -0.25) is 4.79 Å². The lowest BCUT2D eigenvalue weighted by atomic mass is 10.1. The average molecular weight is 183 g/mol. The zero-order valence-corrected chi connectivity index (χ0v) is 8.42. The number of carbonyl (C=O) groups is 1. The second-order valence-corrected chi connectivity index (χ2v) is 4.24. The van der Waals surface area contributed by atoms with Crippen LogP contribution >= 0.6 is 11.3 Å². The first-order valence-electron chi connectivity index (χ1n) is 3.90. The third-order valence-electron chi connectivity index (χ3n) is 1.68. The third kappa shape index (κ3) is 1.93. The molecular formula is C9H13NOS. The summed E-state index contributed by atoms with van der Waals surface area (Å²) in [6.45, 7) is 4.44. The summed E-state index contributed by atoms with van der Waals surface area (Å²) in [6.07, 6.45) is 0. The minimum Gasteiger partial charge on any atom is -0.313 e. The van der Waals surface area contributed by atoms with Crippen LogP contribution in [0.1, 0.15) is 20.1 Å². The van der Waals surface area contributed by atoms with E-state index in [0.717, 1.165) is 10.4 Å². The van der Waals surface area contributed by atoms with Crippen molar-refractivity contribution in [1.29, 1.82) is 0 Å². The molecule has 0 fully saturated rings. The number of rotatable bonds is 3. The SMILES string of the molecule is CNCC(=O)c1cc(C)sc1C. The van der Waals surface area contributed by atoms with Crippen molar-refractivity contribution in [2.24, 2.45) is 0 Å². The Morgan fingerprint density at radius 3 is 2.67 bits per heavy atom. The molecule has 0 saturated heterocycles. The lowest BCUT2D eigenvalue weighted by Crippen LogP contribution is -2.18. The quantitative estimate of drug-likeness (QED) is 0.724. The van der Waals surface area contributed by atoms with Gasteiger partial charge in [-0.25, -0.2) is 0 Å². The summed E-state index contributed by atoms with van der Waals surface area (Å²) in [4.78, 5) is 13.7. The normalized spacial score (nSPS) is 10.2. The maximum atomic E-state index is 11.4. The molecule has 0 aromatic carbocycles. The van der Waals surface area contributed by atoms with Gasteiger partial charge in [0.25, 0.3) is 0 Å². The van der Waals surface area contributed by atoms with Gasteiger partial charge in [0.2, 0.25) is 0 Å². The molecule has 0 unspecified atom stereocenters. The van der Waals surface area contributed by atoms with Gasteiger partial charge in [-0.2, -0.15) is 0 Å². The van der Waals surface area contributed by atoms with Crippen LogP contribution in [0.5, 0.6) is 0 Å². The maximum absolute atomic E-state index is 11.4. The largest absolute Gasteiger partial charge is 0.313 e. The molecule has 2 nitrogen and oxygen atoms in total. The van der Waals surface area contributed by atoms with Crippen LogP contribution in [0.4, 0.5) is 0 Å². The average Bonchev–Trinajstić information content (AvgIpc) is 2.30. The van der Waals surface area contributed by atoms with Crippen molar-refractivity contribution in [3.63, 3.8) is 0 Å². The molecule has 0 radical (unpaired) electrons. The number of likely N-dealkylation sites (N-methyl/N-ethyl adjacent to an activating group) is 1. The zero-order chi connectivity index (χ0) is 9.14. The summed E-state index contributed by atoms with van der Waals surface area (Å²) in [5.74, 6) is 0.180. The summed E-state index contributed by atoms with van der Waals surface area (Å²) in [5.41, 5.74) is 0.867. The molecule has 3 heteroatoms. The molecule has 1 aromatic rings. The van der Waals surface area contributed by atoms with Gasteiger partial charge in [0.05, 0.1) is 6.54 Å². The minimum atomic E-state index is 0.180. The van der Waals surface area contributed by atoms with Crippen LogP contribution < -0.4 is 5.32 Å². The molecule has 0 aliphatic heterocycles. The van der Waals surface area contributed by atoms with E-state index in [-0.39, 0.29) is 5.78 Å². The van der Waals surface area contributed by atoms with Gasteiger partial charge in [-0.15, -0.1) is 11.3 Å². The highest BCUT2D eigenvalue weighted by Gasteiger charge is 2.09. The van der Waals surface area contributed by atoms with Crippen LogP contribution in [0.3, 0.4) is 0 Å². The molecule has 0 aliphatic carbocycles. The molecule has 0 aliphatic rings. The second kappa shape index (κ2) is 3.83. The molecule has 0 spiro atoms. The highest BCUT2D eigenvalue weighted by atomic mass is 32.1. The van der Waals surface area contributed by atoms with Gasteiger partial charge < -0.3 is 5.32 Å². The summed E-state index contributed by atoms with van der Waals surface area (Å²) in [7, 11) is 1.78. The molecule has 1 heterocycles. The molecule has 0 atom stereocenters. The Hall–Kier alpha value is -0.670. The van der Waals surface area contributed by atoms with Gasteiger partial charge >= 0.3 is 0 Å². The molecule has 0 bridgehead atoms. The van der Waals surface area contributed by atoms with Crippen LogP contribution in [0.25, 0.3) is 0 Å². The van der Waals surface area contributed by atoms with Crippen molar-refractivity contribution in [3.8, 4) is 0 Å². The van der Waals surface area contributed by atoms with E-state index < -0.39 is 0 Å². The fourth-order valence-corrected chi connectivity index (χ4v) is 2.11. The predicted octanol–water partition coefficient (Wildman–Crippen LogP) is 1.77. The predicted molar refractivity (Wildman–Crippen MR) is 52.1 cm³/mol. The highest BCUT2D eigenvalue weighted by Crippen LogP contribution is 2.20. The Balaban J connectivity index is 2.87. The second-order valence-electron chi connectivity index (χ2n) is 2.78. The van der Waals surface area contributed by atoms with Gasteiger partial charge in [-0.1, -0.05) is 0 Å². The molecular weight excluding hydrogens is 170 g/mol. The van der Waals surface area contributed by atoms with Gasteiger partial charge in [0.15, 0.2) is 5.78 Å². The summed E-state index contributed by atoms with van der Waals surface area (Å²) >= 11 is 1.67. The topological polar surface area (TPSA) is 29.1 Å². The van der Waals surface area contributed by atoms with Crippen molar-refractivity contribution in [2.75, 3.05) is 13.6 Å². The molecule has 1 N–H and O–H groups in total. The fraction of sp³-hybridized carbons (Fsp3) is 0.444. The lowest BCUT2D eigenvalue weighted by Gasteiger charge is -1.96. The zero-order valence-electron chi connectivity index (χ0n) is 7.60. The van der Waals surface area contributed by atoms with E-state index in [1.54, 1.807) is 18.4 Å². The van der Waals surface area contributed by atoms with Crippen LogP contribution in [0.15, 0.2) is 6.07 Å². The van der Waals surface area contributed by atoms with Crippen molar-refractivity contribution >= 4 is 17.1 Å². The van der Waals surface area contributed by atoms with Crippen LogP contribution in [0, 0.1) is 13.8 Å². The molecule has 12 heavy (non-hydrogen) atoms. The van der Waals surface area contributed by atoms with E-state index in [2.05, 4.69) is 5.32 Å². The first-order chi connectivity index (χ1) is 5.65.